The number of Topliss-reactive ketones (excluding diaryl/α,β-unsaturated/α-hetero) is 1. The van der Waals surface area contributed by atoms with Crippen LogP contribution in [-0.4, -0.2) is 39.4 Å². The number of benzene rings is 1. The van der Waals surface area contributed by atoms with Gasteiger partial charge >= 0.3 is 0 Å². The SMILES string of the molecule is O=C1CCc2c(F)cc(N3CCC(Oc4ccc(-c5ncc(CO)s5)nc4)C3=O)cc21. The molecular formula is C22H18FN3O4S. The minimum atomic E-state index is -0.708. The molecule has 7 nitrogen and oxygen atoms in total. The zero-order valence-corrected chi connectivity index (χ0v) is 17.2. The molecule has 1 N–H and O–H groups in total. The molecule has 1 fully saturated rings. The van der Waals surface area contributed by atoms with Gasteiger partial charge in [-0.15, -0.1) is 11.3 Å². The predicted octanol–water partition coefficient (Wildman–Crippen LogP) is 3.15. The van der Waals surface area contributed by atoms with Crippen molar-refractivity contribution in [2.24, 2.45) is 0 Å². The van der Waals surface area contributed by atoms with Crippen LogP contribution in [0.4, 0.5) is 10.1 Å². The lowest BCUT2D eigenvalue weighted by molar-refractivity contribution is -0.122. The van der Waals surface area contributed by atoms with E-state index < -0.39 is 11.9 Å². The number of anilines is 1. The lowest BCUT2D eigenvalue weighted by Gasteiger charge is -2.18. The van der Waals surface area contributed by atoms with Gasteiger partial charge in [-0.3, -0.25) is 9.59 Å². The van der Waals surface area contributed by atoms with E-state index in [9.17, 15) is 14.0 Å². The summed E-state index contributed by atoms with van der Waals surface area (Å²) in [5.41, 5.74) is 1.85. The summed E-state index contributed by atoms with van der Waals surface area (Å²) in [6.07, 6.45) is 3.58. The van der Waals surface area contributed by atoms with E-state index >= 15 is 0 Å². The van der Waals surface area contributed by atoms with E-state index in [4.69, 9.17) is 9.84 Å². The molecule has 31 heavy (non-hydrogen) atoms. The lowest BCUT2D eigenvalue weighted by Crippen LogP contribution is -2.32. The maximum Gasteiger partial charge on any atom is 0.268 e. The molecule has 0 bridgehead atoms. The molecule has 1 saturated heterocycles. The van der Waals surface area contributed by atoms with E-state index in [2.05, 4.69) is 9.97 Å². The first kappa shape index (κ1) is 19.8. The van der Waals surface area contributed by atoms with Gasteiger partial charge in [-0.2, -0.15) is 0 Å². The van der Waals surface area contributed by atoms with Crippen LogP contribution < -0.4 is 9.64 Å². The maximum atomic E-state index is 14.4. The van der Waals surface area contributed by atoms with Crippen LogP contribution in [0.15, 0.2) is 36.7 Å². The molecule has 0 saturated carbocycles. The van der Waals surface area contributed by atoms with Crippen LogP contribution in [0.2, 0.25) is 0 Å². The molecule has 1 amide bonds. The highest BCUT2D eigenvalue weighted by Crippen LogP contribution is 2.32. The Balaban J connectivity index is 1.30. The molecule has 1 atom stereocenters. The summed E-state index contributed by atoms with van der Waals surface area (Å²) in [5, 5.41) is 9.85. The van der Waals surface area contributed by atoms with Crippen LogP contribution in [0.3, 0.4) is 0 Å². The molecule has 2 aliphatic rings. The Morgan fingerprint density at radius 3 is 2.81 bits per heavy atom. The fourth-order valence-electron chi connectivity index (χ4n) is 3.91. The molecule has 0 spiro atoms. The van der Waals surface area contributed by atoms with Crippen molar-refractivity contribution in [2.45, 2.75) is 32.0 Å². The molecule has 1 unspecified atom stereocenters. The van der Waals surface area contributed by atoms with Crippen molar-refractivity contribution in [1.29, 1.82) is 0 Å². The number of rotatable bonds is 5. The van der Waals surface area contributed by atoms with E-state index in [1.165, 1.54) is 28.5 Å². The van der Waals surface area contributed by atoms with Gasteiger partial charge in [0.15, 0.2) is 11.9 Å². The maximum absolute atomic E-state index is 14.4. The van der Waals surface area contributed by atoms with Crippen molar-refractivity contribution in [2.75, 3.05) is 11.4 Å². The van der Waals surface area contributed by atoms with E-state index in [1.54, 1.807) is 24.4 Å². The largest absolute Gasteiger partial charge is 0.479 e. The molecule has 1 aliphatic heterocycles. The molecule has 3 heterocycles. The Hall–Kier alpha value is -3.17. The highest BCUT2D eigenvalue weighted by molar-refractivity contribution is 7.14. The summed E-state index contributed by atoms with van der Waals surface area (Å²) in [6.45, 7) is 0.311. The van der Waals surface area contributed by atoms with E-state index in [0.29, 0.717) is 59.1 Å². The van der Waals surface area contributed by atoms with Gasteiger partial charge in [0.2, 0.25) is 0 Å². The third-order valence-electron chi connectivity index (χ3n) is 5.49. The predicted molar refractivity (Wildman–Crippen MR) is 112 cm³/mol. The van der Waals surface area contributed by atoms with Crippen LogP contribution in [0.1, 0.15) is 33.6 Å². The highest BCUT2D eigenvalue weighted by atomic mass is 32.1. The lowest BCUT2D eigenvalue weighted by atomic mass is 10.1. The number of aliphatic hydroxyl groups is 1. The summed E-state index contributed by atoms with van der Waals surface area (Å²) < 4.78 is 20.2. The number of halogens is 1. The molecule has 2 aromatic heterocycles. The topological polar surface area (TPSA) is 92.6 Å². The first-order chi connectivity index (χ1) is 15.0. The number of amides is 1. The quantitative estimate of drug-likeness (QED) is 0.657. The van der Waals surface area contributed by atoms with Crippen LogP contribution in [0, 0.1) is 5.82 Å². The number of nitrogens with zero attached hydrogens (tertiary/aromatic N) is 3. The number of aromatic nitrogens is 2. The summed E-state index contributed by atoms with van der Waals surface area (Å²) in [5.74, 6) is -0.367. The third kappa shape index (κ3) is 3.60. The zero-order valence-electron chi connectivity index (χ0n) is 16.4. The fraction of sp³-hybridized carbons (Fsp3) is 0.273. The van der Waals surface area contributed by atoms with E-state index in [0.717, 1.165) is 4.88 Å². The Labute approximate surface area is 181 Å². The zero-order chi connectivity index (χ0) is 21.5. The van der Waals surface area contributed by atoms with Crippen molar-refractivity contribution in [3.05, 3.63) is 58.5 Å². The van der Waals surface area contributed by atoms with Crippen molar-refractivity contribution in [3.8, 4) is 16.5 Å². The second-order valence-electron chi connectivity index (χ2n) is 7.43. The second-order valence-corrected chi connectivity index (χ2v) is 8.55. The molecule has 1 aromatic carbocycles. The number of hydrogen-bond acceptors (Lipinski definition) is 7. The summed E-state index contributed by atoms with van der Waals surface area (Å²) in [7, 11) is 0. The Morgan fingerprint density at radius 2 is 2.06 bits per heavy atom. The standard InChI is InChI=1S/C22H18FN3O4S/c23-17-8-12(7-16-15(17)2-4-19(16)28)26-6-5-20(22(26)29)30-13-1-3-18(24-9-13)21-25-10-14(11-27)31-21/h1,3,7-10,20,27H,2,4-6,11H2. The number of ether oxygens (including phenoxy) is 1. The van der Waals surface area contributed by atoms with Gasteiger partial charge in [-0.25, -0.2) is 14.4 Å². The average molecular weight is 439 g/mol. The van der Waals surface area contributed by atoms with Gasteiger partial charge in [0.05, 0.1) is 23.4 Å². The molecule has 5 rings (SSSR count). The van der Waals surface area contributed by atoms with Crippen molar-refractivity contribution in [1.82, 2.24) is 9.97 Å². The molecule has 9 heteroatoms. The summed E-state index contributed by atoms with van der Waals surface area (Å²) in [6, 6.07) is 6.39. The molecule has 158 valence electrons. The van der Waals surface area contributed by atoms with E-state index in [1.807, 2.05) is 0 Å². The monoisotopic (exact) mass is 439 g/mol. The van der Waals surface area contributed by atoms with Crippen molar-refractivity contribution in [3.63, 3.8) is 0 Å². The van der Waals surface area contributed by atoms with Gasteiger partial charge < -0.3 is 14.7 Å². The molecule has 0 radical (unpaired) electrons. The van der Waals surface area contributed by atoms with Crippen molar-refractivity contribution < 1.29 is 23.8 Å². The number of ketones is 1. The first-order valence-electron chi connectivity index (χ1n) is 9.89. The number of hydrogen-bond donors (Lipinski definition) is 1. The normalized spacial score (nSPS) is 18.0. The number of thiazole rings is 1. The number of aliphatic hydroxyl groups excluding tert-OH is 1. The van der Waals surface area contributed by atoms with Gasteiger partial charge in [0.1, 0.15) is 16.6 Å². The average Bonchev–Trinajstić information content (AvgIpc) is 3.49. The number of carbonyl (C=O) groups is 2. The van der Waals surface area contributed by atoms with E-state index in [-0.39, 0.29) is 18.3 Å². The minimum absolute atomic E-state index is 0.0680. The van der Waals surface area contributed by atoms with Crippen molar-refractivity contribution >= 4 is 28.7 Å². The smallest absolute Gasteiger partial charge is 0.268 e. The van der Waals surface area contributed by atoms with Crippen LogP contribution >= 0.6 is 11.3 Å². The van der Waals surface area contributed by atoms with Crippen LogP contribution in [-0.2, 0) is 17.8 Å². The summed E-state index contributed by atoms with van der Waals surface area (Å²) in [4.78, 5) is 35.6. The minimum Gasteiger partial charge on any atom is -0.479 e. The Kier molecular flexibility index (Phi) is 4.99. The molecular weight excluding hydrogens is 421 g/mol. The Morgan fingerprint density at radius 1 is 1.19 bits per heavy atom. The van der Waals surface area contributed by atoms with Gasteiger partial charge in [-0.05, 0) is 36.2 Å². The number of fused-ring (bicyclic) bond motifs is 1. The first-order valence-corrected chi connectivity index (χ1v) is 10.7. The third-order valence-corrected chi connectivity index (χ3v) is 6.50. The Bertz CT molecular complexity index is 1180. The van der Waals surface area contributed by atoms with Gasteiger partial charge in [-0.1, -0.05) is 0 Å². The molecule has 3 aromatic rings. The number of pyridine rings is 1. The highest BCUT2D eigenvalue weighted by Gasteiger charge is 2.36. The summed E-state index contributed by atoms with van der Waals surface area (Å²) >= 11 is 1.35. The van der Waals surface area contributed by atoms with Crippen LogP contribution in [0.5, 0.6) is 5.75 Å². The van der Waals surface area contributed by atoms with Gasteiger partial charge in [0.25, 0.3) is 5.91 Å². The second kappa shape index (κ2) is 7.82. The molecule has 1 aliphatic carbocycles. The van der Waals surface area contributed by atoms with Gasteiger partial charge in [0, 0.05) is 36.8 Å². The van der Waals surface area contributed by atoms with Crippen LogP contribution in [0.25, 0.3) is 10.7 Å². The fourth-order valence-corrected chi connectivity index (χ4v) is 4.66. The number of carbonyl (C=O) groups excluding carboxylic acids is 2.